The normalized spacial score (nSPS) is 34.2. The van der Waals surface area contributed by atoms with E-state index in [1.54, 1.807) is 0 Å². The Bertz CT molecular complexity index is 1800. The van der Waals surface area contributed by atoms with Crippen LogP contribution in [-0.4, -0.2) is 144 Å². The predicted octanol–water partition coefficient (Wildman–Crippen LogP) is -3.11. The standard InChI is InChI=1S/C33H37NO18/c1-10-22(37)13(34-52-32(46)30-28(43)27(42)29(44)31(45)51-30)6-17(49-10)50-15-8-33(47,16(36)9-35)7-12-19(15)26(41)21-20(24(12)39)23(38)11-4-3-5-14(48-2)18(11)25(21)40/h3-5,10,13,15,17,22,27-31,34-35,37,39,41-45,47H,6-9H2,1-2H3/t10?,13?,15-,17?,22?,27-,28-,29+,30-,31+,33-/m0/s1. The Morgan fingerprint density at radius 2 is 1.63 bits per heavy atom. The lowest BCUT2D eigenvalue weighted by Gasteiger charge is -2.42. The van der Waals surface area contributed by atoms with Gasteiger partial charge in [0.25, 0.3) is 0 Å². The molecule has 2 heterocycles. The second-order valence-corrected chi connectivity index (χ2v) is 13.1. The molecule has 19 nitrogen and oxygen atoms in total. The van der Waals surface area contributed by atoms with Crippen LogP contribution >= 0.6 is 0 Å². The number of Topliss-reactive ketones (excluding diaryl/α,β-unsaturated/α-hetero) is 1. The molecule has 6 rings (SSSR count). The van der Waals surface area contributed by atoms with Crippen LogP contribution in [0.3, 0.4) is 0 Å². The van der Waals surface area contributed by atoms with E-state index in [0.717, 1.165) is 0 Å². The molecule has 0 aromatic heterocycles. The van der Waals surface area contributed by atoms with Gasteiger partial charge in [-0.15, -0.1) is 5.48 Å². The second-order valence-electron chi connectivity index (χ2n) is 13.1. The molecule has 2 aromatic rings. The Balaban J connectivity index is 1.31. The van der Waals surface area contributed by atoms with Gasteiger partial charge in [0.15, 0.2) is 30.3 Å². The van der Waals surface area contributed by atoms with E-state index < -0.39 is 132 Å². The zero-order chi connectivity index (χ0) is 38.0. The van der Waals surface area contributed by atoms with E-state index in [9.17, 15) is 65.1 Å². The number of phenols is 2. The predicted molar refractivity (Wildman–Crippen MR) is 166 cm³/mol. The number of aliphatic hydroxyl groups is 7. The molecule has 11 atom stereocenters. The quantitative estimate of drug-likeness (QED) is 0.0809. The minimum absolute atomic E-state index is 0.0192. The molecule has 52 heavy (non-hydrogen) atoms. The highest BCUT2D eigenvalue weighted by atomic mass is 16.7. The third kappa shape index (κ3) is 6.12. The minimum atomic E-state index is -2.41. The van der Waals surface area contributed by atoms with E-state index in [1.807, 2.05) is 0 Å². The average molecular weight is 736 g/mol. The number of ketones is 3. The summed E-state index contributed by atoms with van der Waals surface area (Å²) in [5, 5.41) is 94.6. The average Bonchev–Trinajstić information content (AvgIpc) is 3.12. The number of phenolic OH excluding ortho intramolecular Hbond substituents is 2. The topological polar surface area (TPSA) is 309 Å². The van der Waals surface area contributed by atoms with Gasteiger partial charge in [0, 0.05) is 36.0 Å². The van der Waals surface area contributed by atoms with Gasteiger partial charge in [-0.05, 0) is 13.0 Å². The summed E-state index contributed by atoms with van der Waals surface area (Å²) in [5.74, 6) is -5.76. The molecule has 0 saturated carbocycles. The molecule has 0 bridgehead atoms. The van der Waals surface area contributed by atoms with E-state index in [4.69, 9.17) is 23.8 Å². The molecule has 282 valence electrons. The third-order valence-corrected chi connectivity index (χ3v) is 9.89. The van der Waals surface area contributed by atoms with Crippen LogP contribution in [0.5, 0.6) is 17.2 Å². The number of aliphatic hydroxyl groups excluding tert-OH is 6. The number of rotatable bonds is 8. The van der Waals surface area contributed by atoms with Crippen LogP contribution in [0.2, 0.25) is 0 Å². The van der Waals surface area contributed by atoms with Crippen molar-refractivity contribution in [2.24, 2.45) is 0 Å². The number of nitrogens with one attached hydrogen (secondary N) is 1. The fraction of sp³-hybridized carbons (Fsp3) is 0.515. The number of hydrogen-bond acceptors (Lipinski definition) is 19. The maximum Gasteiger partial charge on any atom is 0.356 e. The molecule has 19 heteroatoms. The number of methoxy groups -OCH3 is 1. The summed E-state index contributed by atoms with van der Waals surface area (Å²) >= 11 is 0. The third-order valence-electron chi connectivity index (χ3n) is 9.89. The van der Waals surface area contributed by atoms with E-state index >= 15 is 0 Å². The Hall–Kier alpha value is -4.12. The summed E-state index contributed by atoms with van der Waals surface area (Å²) in [5.41, 5.74) is -2.19. The summed E-state index contributed by atoms with van der Waals surface area (Å²) in [6.07, 6.45) is -17.0. The fourth-order valence-corrected chi connectivity index (χ4v) is 7.08. The summed E-state index contributed by atoms with van der Waals surface area (Å²) < 4.78 is 22.0. The van der Waals surface area contributed by atoms with Crippen molar-refractivity contribution in [3.63, 3.8) is 0 Å². The van der Waals surface area contributed by atoms with Gasteiger partial charge in [-0.3, -0.25) is 14.4 Å². The molecule has 4 aliphatic rings. The maximum atomic E-state index is 13.9. The lowest BCUT2D eigenvalue weighted by molar-refractivity contribution is -0.285. The highest BCUT2D eigenvalue weighted by Gasteiger charge is 2.51. The van der Waals surface area contributed by atoms with Gasteiger partial charge < -0.3 is 69.7 Å². The summed E-state index contributed by atoms with van der Waals surface area (Å²) in [4.78, 5) is 58.0. The number of carbonyl (C=O) groups excluding carboxylic acids is 4. The molecule has 2 saturated heterocycles. The zero-order valence-electron chi connectivity index (χ0n) is 27.5. The van der Waals surface area contributed by atoms with Gasteiger partial charge in [0.1, 0.15) is 47.8 Å². The van der Waals surface area contributed by atoms with E-state index in [0.29, 0.717) is 0 Å². The molecule has 10 N–H and O–H groups in total. The molecule has 2 aliphatic heterocycles. The van der Waals surface area contributed by atoms with Crippen LogP contribution in [0.25, 0.3) is 0 Å². The van der Waals surface area contributed by atoms with Crippen molar-refractivity contribution < 1.29 is 88.9 Å². The van der Waals surface area contributed by atoms with E-state index in [1.165, 1.54) is 32.2 Å². The van der Waals surface area contributed by atoms with Crippen LogP contribution in [-0.2, 0) is 35.1 Å². The van der Waals surface area contributed by atoms with Gasteiger partial charge in [-0.1, -0.05) is 12.1 Å². The van der Waals surface area contributed by atoms with Crippen molar-refractivity contribution in [3.05, 3.63) is 51.6 Å². The Kier molecular flexibility index (Phi) is 10.1. The Morgan fingerprint density at radius 1 is 0.942 bits per heavy atom. The summed E-state index contributed by atoms with van der Waals surface area (Å²) in [6, 6.07) is 3.00. The highest BCUT2D eigenvalue weighted by Crippen LogP contribution is 2.52. The SMILES string of the molecule is COc1cccc2c1C(=O)c1c(O)c3c(c(O)c1C2=O)C[C@@](O)(C(=O)CO)C[C@@H]3OC1CC(NOC(=O)[C@H]2O[C@@H](O)[C@H](O)[C@@H](O)[C@@H]2O)C(O)C(C)O1. The molecule has 0 spiro atoms. The Morgan fingerprint density at radius 3 is 2.31 bits per heavy atom. The zero-order valence-corrected chi connectivity index (χ0v) is 27.5. The van der Waals surface area contributed by atoms with Gasteiger partial charge in [0.2, 0.25) is 5.78 Å². The molecule has 2 aliphatic carbocycles. The smallest absolute Gasteiger partial charge is 0.356 e. The van der Waals surface area contributed by atoms with Gasteiger partial charge in [-0.2, -0.15) is 0 Å². The summed E-state index contributed by atoms with van der Waals surface area (Å²) in [7, 11) is 1.27. The van der Waals surface area contributed by atoms with Crippen LogP contribution < -0.4 is 10.2 Å². The molecular weight excluding hydrogens is 698 g/mol. The first kappa shape index (κ1) is 37.6. The van der Waals surface area contributed by atoms with Crippen LogP contribution in [0, 0.1) is 0 Å². The highest BCUT2D eigenvalue weighted by molar-refractivity contribution is 6.31. The number of carbonyl (C=O) groups is 4. The largest absolute Gasteiger partial charge is 0.507 e. The van der Waals surface area contributed by atoms with Gasteiger partial charge in [0.05, 0.1) is 48.2 Å². The molecule has 2 aromatic carbocycles. The second kappa shape index (κ2) is 14.0. The number of fused-ring (bicyclic) bond motifs is 3. The maximum absolute atomic E-state index is 13.9. The van der Waals surface area contributed by atoms with E-state index in [2.05, 4.69) is 5.48 Å². The lowest BCUT2D eigenvalue weighted by atomic mass is 9.72. The first-order chi connectivity index (χ1) is 24.5. The molecular formula is C33H37NO18. The Labute approximate surface area is 293 Å². The van der Waals surface area contributed by atoms with Crippen LogP contribution in [0.4, 0.5) is 0 Å². The number of hydrogen-bond donors (Lipinski definition) is 10. The number of benzene rings is 2. The van der Waals surface area contributed by atoms with Crippen LogP contribution in [0.15, 0.2) is 18.2 Å². The summed E-state index contributed by atoms with van der Waals surface area (Å²) in [6.45, 7) is 0.280. The molecule has 0 amide bonds. The number of hydroxylamine groups is 1. The molecule has 2 fully saturated rings. The first-order valence-electron chi connectivity index (χ1n) is 16.1. The van der Waals surface area contributed by atoms with Crippen molar-refractivity contribution in [3.8, 4) is 17.2 Å². The van der Waals surface area contributed by atoms with Crippen LogP contribution in [0.1, 0.15) is 68.8 Å². The fourth-order valence-electron chi connectivity index (χ4n) is 7.08. The minimum Gasteiger partial charge on any atom is -0.507 e. The van der Waals surface area contributed by atoms with Gasteiger partial charge >= 0.3 is 5.97 Å². The van der Waals surface area contributed by atoms with Crippen molar-refractivity contribution in [2.75, 3.05) is 13.7 Å². The van der Waals surface area contributed by atoms with Crippen molar-refractivity contribution >= 4 is 23.3 Å². The van der Waals surface area contributed by atoms with E-state index in [-0.39, 0.29) is 34.4 Å². The molecule has 0 radical (unpaired) electrons. The first-order valence-corrected chi connectivity index (χ1v) is 16.1. The monoisotopic (exact) mass is 735 g/mol. The number of ether oxygens (including phenoxy) is 4. The number of aromatic hydroxyl groups is 2. The van der Waals surface area contributed by atoms with Crippen molar-refractivity contribution in [2.45, 2.75) is 93.1 Å². The molecule has 4 unspecified atom stereocenters. The lowest BCUT2D eigenvalue weighted by Crippen LogP contribution is -2.61. The van der Waals surface area contributed by atoms with Gasteiger partial charge in [-0.25, -0.2) is 4.79 Å². The van der Waals surface area contributed by atoms with Crippen molar-refractivity contribution in [1.82, 2.24) is 5.48 Å². The van der Waals surface area contributed by atoms with Crippen molar-refractivity contribution in [1.29, 1.82) is 0 Å².